The number of likely N-dealkylation sites (tertiary alicyclic amines) is 1. The van der Waals surface area contributed by atoms with Crippen LogP contribution >= 0.6 is 0 Å². The topological polar surface area (TPSA) is 49.4 Å². The van der Waals surface area contributed by atoms with E-state index in [-0.39, 0.29) is 11.8 Å². The fourth-order valence-electron chi connectivity index (χ4n) is 3.25. The quantitative estimate of drug-likeness (QED) is 0.804. The zero-order valence-corrected chi connectivity index (χ0v) is 15.8. The average molecular weight is 362 g/mol. The monoisotopic (exact) mass is 362 g/mol. The summed E-state index contributed by atoms with van der Waals surface area (Å²) in [6.07, 6.45) is 7.70. The summed E-state index contributed by atoms with van der Waals surface area (Å²) in [7, 11) is 0. The molecule has 1 aliphatic rings. The predicted octanol–water partition coefficient (Wildman–Crippen LogP) is 4.66. The van der Waals surface area contributed by atoms with Crippen LogP contribution in [0.4, 0.5) is 5.69 Å². The van der Waals surface area contributed by atoms with Crippen molar-refractivity contribution in [3.63, 3.8) is 0 Å². The molecule has 0 radical (unpaired) electrons. The summed E-state index contributed by atoms with van der Waals surface area (Å²) in [4.78, 5) is 27.2. The third kappa shape index (κ3) is 5.30. The molecular formula is C23H26N2O2. The highest BCUT2D eigenvalue weighted by Gasteiger charge is 2.20. The third-order valence-corrected chi connectivity index (χ3v) is 4.81. The van der Waals surface area contributed by atoms with Gasteiger partial charge in [-0.2, -0.15) is 0 Å². The Bertz CT molecular complexity index is 817. The van der Waals surface area contributed by atoms with Crippen LogP contribution in [0.2, 0.25) is 0 Å². The summed E-state index contributed by atoms with van der Waals surface area (Å²) in [6.45, 7) is 3.60. The minimum Gasteiger partial charge on any atom is -0.339 e. The van der Waals surface area contributed by atoms with Gasteiger partial charge in [-0.25, -0.2) is 0 Å². The largest absolute Gasteiger partial charge is 0.339 e. The smallest absolute Gasteiger partial charge is 0.255 e. The maximum absolute atomic E-state index is 12.9. The van der Waals surface area contributed by atoms with Crippen LogP contribution in [0.3, 0.4) is 0 Å². The Balaban J connectivity index is 1.70. The number of nitrogens with one attached hydrogen (secondary N) is 1. The van der Waals surface area contributed by atoms with Gasteiger partial charge in [0.05, 0.1) is 11.3 Å². The lowest BCUT2D eigenvalue weighted by molar-refractivity contribution is -0.111. The van der Waals surface area contributed by atoms with E-state index in [1.165, 1.54) is 24.5 Å². The van der Waals surface area contributed by atoms with Crippen molar-refractivity contribution >= 4 is 23.6 Å². The molecule has 3 rings (SSSR count). The summed E-state index contributed by atoms with van der Waals surface area (Å²) < 4.78 is 0. The predicted molar refractivity (Wildman–Crippen MR) is 110 cm³/mol. The van der Waals surface area contributed by atoms with Gasteiger partial charge in [-0.1, -0.05) is 54.8 Å². The van der Waals surface area contributed by atoms with E-state index in [1.54, 1.807) is 18.2 Å². The van der Waals surface area contributed by atoms with Crippen LogP contribution in [0.15, 0.2) is 54.6 Å². The molecular weight excluding hydrogens is 336 g/mol. The van der Waals surface area contributed by atoms with Gasteiger partial charge in [0.15, 0.2) is 0 Å². The SMILES string of the molecule is Cc1ccc(C=CC(=O)Nc2ccccc2C(=O)N2CCCCCC2)cc1. The van der Waals surface area contributed by atoms with Gasteiger partial charge in [-0.15, -0.1) is 0 Å². The molecule has 2 aromatic rings. The normalized spacial score (nSPS) is 14.8. The van der Waals surface area contributed by atoms with Gasteiger partial charge in [0.25, 0.3) is 5.91 Å². The van der Waals surface area contributed by atoms with Crippen molar-refractivity contribution in [3.05, 3.63) is 71.3 Å². The number of para-hydroxylation sites is 1. The first-order valence-corrected chi connectivity index (χ1v) is 9.57. The lowest BCUT2D eigenvalue weighted by Gasteiger charge is -2.21. The van der Waals surface area contributed by atoms with Gasteiger partial charge < -0.3 is 10.2 Å². The first-order valence-electron chi connectivity index (χ1n) is 9.57. The molecule has 0 spiro atoms. The highest BCUT2D eigenvalue weighted by molar-refractivity contribution is 6.07. The Morgan fingerprint density at radius 1 is 0.926 bits per heavy atom. The number of nitrogens with zero attached hydrogens (tertiary/aromatic N) is 1. The number of hydrogen-bond acceptors (Lipinski definition) is 2. The molecule has 4 heteroatoms. The van der Waals surface area contributed by atoms with Crippen LogP contribution in [0, 0.1) is 6.92 Å². The molecule has 0 unspecified atom stereocenters. The second kappa shape index (κ2) is 9.17. The molecule has 1 fully saturated rings. The zero-order valence-electron chi connectivity index (χ0n) is 15.8. The van der Waals surface area contributed by atoms with E-state index >= 15 is 0 Å². The molecule has 140 valence electrons. The lowest BCUT2D eigenvalue weighted by atomic mass is 10.1. The molecule has 1 heterocycles. The number of anilines is 1. The molecule has 1 saturated heterocycles. The van der Waals surface area contributed by atoms with E-state index in [2.05, 4.69) is 5.32 Å². The minimum absolute atomic E-state index is 0.00434. The maximum Gasteiger partial charge on any atom is 0.255 e. The van der Waals surface area contributed by atoms with Gasteiger partial charge >= 0.3 is 0 Å². The zero-order chi connectivity index (χ0) is 19.1. The van der Waals surface area contributed by atoms with E-state index in [4.69, 9.17) is 0 Å². The van der Waals surface area contributed by atoms with Gasteiger partial charge in [-0.05, 0) is 43.5 Å². The Hall–Kier alpha value is -2.88. The molecule has 1 N–H and O–H groups in total. The molecule has 2 aromatic carbocycles. The average Bonchev–Trinajstić information content (AvgIpc) is 2.97. The van der Waals surface area contributed by atoms with Gasteiger partial charge in [0, 0.05) is 19.2 Å². The number of hydrogen-bond donors (Lipinski definition) is 1. The fraction of sp³-hybridized carbons (Fsp3) is 0.304. The molecule has 1 aliphatic heterocycles. The molecule has 0 bridgehead atoms. The van der Waals surface area contributed by atoms with Crippen molar-refractivity contribution in [2.45, 2.75) is 32.6 Å². The van der Waals surface area contributed by atoms with Crippen molar-refractivity contribution in [1.29, 1.82) is 0 Å². The Kier molecular flexibility index (Phi) is 6.42. The number of aryl methyl sites for hydroxylation is 1. The first kappa shape index (κ1) is 18.9. The van der Waals surface area contributed by atoms with Crippen LogP contribution in [-0.2, 0) is 4.79 Å². The summed E-state index contributed by atoms with van der Waals surface area (Å²) in [5.74, 6) is -0.248. The molecule has 2 amide bonds. The van der Waals surface area contributed by atoms with Gasteiger partial charge in [-0.3, -0.25) is 9.59 Å². The van der Waals surface area contributed by atoms with Crippen molar-refractivity contribution in [2.75, 3.05) is 18.4 Å². The molecule has 0 atom stereocenters. The lowest BCUT2D eigenvalue weighted by Crippen LogP contribution is -2.32. The van der Waals surface area contributed by atoms with E-state index in [1.807, 2.05) is 48.2 Å². The number of carbonyl (C=O) groups is 2. The van der Waals surface area contributed by atoms with Gasteiger partial charge in [0.2, 0.25) is 5.91 Å². The van der Waals surface area contributed by atoms with E-state index in [0.29, 0.717) is 11.3 Å². The van der Waals surface area contributed by atoms with Crippen LogP contribution in [0.25, 0.3) is 6.08 Å². The van der Waals surface area contributed by atoms with Crippen molar-refractivity contribution in [3.8, 4) is 0 Å². The summed E-state index contributed by atoms with van der Waals surface area (Å²) in [5, 5.41) is 2.85. The molecule has 4 nitrogen and oxygen atoms in total. The van der Waals surface area contributed by atoms with E-state index in [0.717, 1.165) is 31.5 Å². The molecule has 0 aliphatic carbocycles. The Morgan fingerprint density at radius 3 is 2.30 bits per heavy atom. The van der Waals surface area contributed by atoms with Gasteiger partial charge in [0.1, 0.15) is 0 Å². The second-order valence-corrected chi connectivity index (χ2v) is 6.99. The summed E-state index contributed by atoms with van der Waals surface area (Å²) in [5.41, 5.74) is 3.25. The number of amides is 2. The van der Waals surface area contributed by atoms with E-state index in [9.17, 15) is 9.59 Å². The second-order valence-electron chi connectivity index (χ2n) is 6.99. The fourth-order valence-corrected chi connectivity index (χ4v) is 3.25. The molecule has 0 aromatic heterocycles. The van der Waals surface area contributed by atoms with Crippen molar-refractivity contribution in [2.24, 2.45) is 0 Å². The van der Waals surface area contributed by atoms with Crippen molar-refractivity contribution < 1.29 is 9.59 Å². The minimum atomic E-state index is -0.244. The highest BCUT2D eigenvalue weighted by atomic mass is 16.2. The van der Waals surface area contributed by atoms with Crippen LogP contribution < -0.4 is 5.32 Å². The van der Waals surface area contributed by atoms with Crippen molar-refractivity contribution in [1.82, 2.24) is 4.90 Å². The maximum atomic E-state index is 12.9. The number of benzene rings is 2. The molecule has 27 heavy (non-hydrogen) atoms. The summed E-state index contributed by atoms with van der Waals surface area (Å²) >= 11 is 0. The standard InChI is InChI=1S/C23H26N2O2/c1-18-10-12-19(13-11-18)14-15-22(26)24-21-9-5-4-8-20(21)23(27)25-16-6-2-3-7-17-25/h4-5,8-15H,2-3,6-7,16-17H2,1H3,(H,24,26). The number of carbonyl (C=O) groups excluding carboxylic acids is 2. The molecule has 0 saturated carbocycles. The highest BCUT2D eigenvalue weighted by Crippen LogP contribution is 2.20. The Morgan fingerprint density at radius 2 is 1.59 bits per heavy atom. The third-order valence-electron chi connectivity index (χ3n) is 4.81. The van der Waals surface area contributed by atoms with Crippen LogP contribution in [0.1, 0.15) is 47.2 Å². The van der Waals surface area contributed by atoms with E-state index < -0.39 is 0 Å². The number of rotatable bonds is 4. The van der Waals surface area contributed by atoms with Crippen LogP contribution in [0.5, 0.6) is 0 Å². The van der Waals surface area contributed by atoms with Crippen LogP contribution in [-0.4, -0.2) is 29.8 Å². The summed E-state index contributed by atoms with van der Waals surface area (Å²) in [6, 6.07) is 15.2. The Labute approximate surface area is 160 Å². The first-order chi connectivity index (χ1) is 13.1.